The Morgan fingerprint density at radius 1 is 0.311 bits per heavy atom. The van der Waals surface area contributed by atoms with Crippen molar-refractivity contribution in [3.63, 3.8) is 0 Å². The quantitative estimate of drug-likeness (QED) is 0.0115. The summed E-state index contributed by atoms with van der Waals surface area (Å²) in [4.78, 5) is 53.5. The van der Waals surface area contributed by atoms with E-state index in [9.17, 15) is 19.2 Å². The Hall–Kier alpha value is -10.7. The van der Waals surface area contributed by atoms with E-state index in [4.69, 9.17) is 48.4 Å². The highest BCUT2D eigenvalue weighted by molar-refractivity contribution is 5.96. The van der Waals surface area contributed by atoms with E-state index in [2.05, 4.69) is 26.0 Å². The first-order valence-corrected chi connectivity index (χ1v) is 36.0. The van der Waals surface area contributed by atoms with Gasteiger partial charge in [0.15, 0.2) is 34.8 Å². The SMILES string of the molecule is CCCCCCCCOc1ccc(C(=O)Oc2ccc(-c3ccc(C#N)cc3)cc2)c(OC(=O)CCCCCCCOc2c(F)c(F)c(-c3c(F)c(F)c(OCCCCCCCC(=O)Oc4cc(OCCCCCCCC)ccc4C(=O)Oc4ccc(-c5ccc(C#N)cc5)cc4)c(F)c3F)c(F)c2F)c1. The zero-order valence-corrected chi connectivity index (χ0v) is 59.3. The van der Waals surface area contributed by atoms with Crippen LogP contribution in [-0.2, 0) is 9.59 Å². The third kappa shape index (κ3) is 23.6. The number of rotatable bonds is 43. The highest BCUT2D eigenvalue weighted by Crippen LogP contribution is 2.42. The van der Waals surface area contributed by atoms with Crippen LogP contribution in [0.25, 0.3) is 33.4 Å². The van der Waals surface area contributed by atoms with Crippen LogP contribution in [-0.4, -0.2) is 50.3 Å². The zero-order valence-electron chi connectivity index (χ0n) is 59.3. The van der Waals surface area contributed by atoms with E-state index in [1.807, 2.05) is 0 Å². The molecule has 106 heavy (non-hydrogen) atoms. The Morgan fingerprint density at radius 3 is 0.896 bits per heavy atom. The number of nitrogens with zero attached hydrogens (tertiary/aromatic N) is 2. The largest absolute Gasteiger partial charge is 0.493 e. The standard InChI is InChI=1S/C84H84F8N2O12/c1-3-5-7-9-15-21-47-99-63-43-45-65(83(97)103-61-39-35-59(36-40-61)57-31-27-55(53-93)28-32-57)67(51-63)105-69(95)25-19-13-11-17-23-49-101-81-77(89)73(85)71(74(86)78(81)90)72-75(87)79(91)82(80(92)76(72)88)102-50-24-18-12-14-20-26-70(96)106-68-52-64(100-48-22-16-10-8-6-4-2)44-46-66(68)84(98)104-62-41-37-60(38-42-62)58-33-29-56(54-94)30-34-58/h27-46,51-52H,3-26,47-50H2,1-2H3. The van der Waals surface area contributed by atoms with Crippen molar-refractivity contribution < 1.29 is 92.2 Å². The van der Waals surface area contributed by atoms with Gasteiger partial charge in [-0.2, -0.15) is 28.1 Å². The van der Waals surface area contributed by atoms with Gasteiger partial charge in [0.25, 0.3) is 0 Å². The van der Waals surface area contributed by atoms with Crippen molar-refractivity contribution in [3.8, 4) is 91.5 Å². The van der Waals surface area contributed by atoms with Gasteiger partial charge in [0.05, 0.1) is 60.8 Å². The van der Waals surface area contributed by atoms with Gasteiger partial charge < -0.3 is 37.9 Å². The molecule has 0 spiro atoms. The van der Waals surface area contributed by atoms with E-state index in [-0.39, 0.29) is 59.8 Å². The van der Waals surface area contributed by atoms with Crippen LogP contribution in [0.5, 0.6) is 46.0 Å². The Labute approximate surface area is 612 Å². The number of hydrogen-bond acceptors (Lipinski definition) is 14. The molecular weight excluding hydrogens is 1380 g/mol. The van der Waals surface area contributed by atoms with Gasteiger partial charge in [-0.05, 0) is 134 Å². The van der Waals surface area contributed by atoms with Crippen LogP contribution in [0.1, 0.15) is 200 Å². The highest BCUT2D eigenvalue weighted by Gasteiger charge is 2.36. The molecule has 0 N–H and O–H groups in total. The predicted octanol–water partition coefficient (Wildman–Crippen LogP) is 22.1. The molecule has 0 bridgehead atoms. The van der Waals surface area contributed by atoms with Crippen LogP contribution < -0.4 is 37.9 Å². The molecule has 0 fully saturated rings. The van der Waals surface area contributed by atoms with Gasteiger partial charge in [-0.3, -0.25) is 9.59 Å². The molecule has 0 atom stereocenters. The fraction of sp³-hybridized carbons (Fsp3) is 0.357. The van der Waals surface area contributed by atoms with Crippen molar-refractivity contribution in [1.29, 1.82) is 10.5 Å². The molecule has 14 nitrogen and oxygen atoms in total. The molecule has 0 saturated heterocycles. The first kappa shape index (κ1) is 80.9. The summed E-state index contributed by atoms with van der Waals surface area (Å²) < 4.78 is 169. The topological polar surface area (TPSA) is 190 Å². The van der Waals surface area contributed by atoms with Crippen molar-refractivity contribution in [2.75, 3.05) is 26.4 Å². The van der Waals surface area contributed by atoms with Crippen molar-refractivity contribution in [2.45, 2.75) is 168 Å². The van der Waals surface area contributed by atoms with Crippen LogP contribution >= 0.6 is 0 Å². The lowest BCUT2D eigenvalue weighted by molar-refractivity contribution is -0.135. The number of unbranched alkanes of at least 4 members (excludes halogenated alkanes) is 18. The maximum atomic E-state index is 15.6. The van der Waals surface area contributed by atoms with E-state index in [0.29, 0.717) is 87.2 Å². The Kier molecular flexibility index (Phi) is 32.3. The van der Waals surface area contributed by atoms with E-state index in [1.165, 1.54) is 24.3 Å². The average Bonchev–Trinajstić information content (AvgIpc) is 0.746. The monoisotopic (exact) mass is 1460 g/mol. The van der Waals surface area contributed by atoms with Gasteiger partial charge in [-0.15, -0.1) is 0 Å². The molecule has 0 aromatic heterocycles. The van der Waals surface area contributed by atoms with Gasteiger partial charge in [0.1, 0.15) is 45.6 Å². The summed E-state index contributed by atoms with van der Waals surface area (Å²) in [6, 6.07) is 40.5. The molecule has 0 aliphatic heterocycles. The summed E-state index contributed by atoms with van der Waals surface area (Å²) in [5.74, 6) is -23.6. The van der Waals surface area contributed by atoms with E-state index >= 15 is 35.1 Å². The van der Waals surface area contributed by atoms with Crippen LogP contribution in [0.2, 0.25) is 0 Å². The van der Waals surface area contributed by atoms with Crippen LogP contribution in [0.4, 0.5) is 35.1 Å². The number of halogens is 8. The lowest BCUT2D eigenvalue weighted by Gasteiger charge is -2.16. The summed E-state index contributed by atoms with van der Waals surface area (Å²) in [5.41, 5.74) is 0.121. The molecule has 0 aliphatic carbocycles. The number of esters is 4. The maximum absolute atomic E-state index is 15.6. The summed E-state index contributed by atoms with van der Waals surface area (Å²) in [6.45, 7) is 4.06. The van der Waals surface area contributed by atoms with Crippen LogP contribution in [0, 0.1) is 69.2 Å². The summed E-state index contributed by atoms with van der Waals surface area (Å²) >= 11 is 0. The lowest BCUT2D eigenvalue weighted by Crippen LogP contribution is -2.14. The predicted molar refractivity (Wildman–Crippen MR) is 383 cm³/mol. The van der Waals surface area contributed by atoms with Crippen molar-refractivity contribution in [3.05, 3.63) is 202 Å². The first-order valence-electron chi connectivity index (χ1n) is 36.0. The van der Waals surface area contributed by atoms with Gasteiger partial charge in [-0.25, -0.2) is 27.2 Å². The number of benzene rings is 8. The molecule has 22 heteroatoms. The minimum atomic E-state index is -2.40. The third-order valence-corrected chi connectivity index (χ3v) is 17.4. The molecule has 0 radical (unpaired) electrons. The normalized spacial score (nSPS) is 11.0. The number of nitriles is 2. The highest BCUT2D eigenvalue weighted by atomic mass is 19.2. The Bertz CT molecular complexity index is 4000. The van der Waals surface area contributed by atoms with Gasteiger partial charge >= 0.3 is 23.9 Å². The Morgan fingerprint density at radius 2 is 0.585 bits per heavy atom. The van der Waals surface area contributed by atoms with Crippen LogP contribution in [0.3, 0.4) is 0 Å². The summed E-state index contributed by atoms with van der Waals surface area (Å²) in [5, 5.41) is 18.3. The van der Waals surface area contributed by atoms with Crippen molar-refractivity contribution >= 4 is 23.9 Å². The third-order valence-electron chi connectivity index (χ3n) is 17.4. The second-order valence-corrected chi connectivity index (χ2v) is 25.4. The van der Waals surface area contributed by atoms with E-state index in [0.717, 1.165) is 99.3 Å². The molecular formula is C84H84F8N2O12. The summed E-state index contributed by atoms with van der Waals surface area (Å²) in [7, 11) is 0. The van der Waals surface area contributed by atoms with Gasteiger partial charge in [0, 0.05) is 25.0 Å². The minimum absolute atomic E-state index is 0.0397. The number of carbonyl (C=O) groups excluding carboxylic acids is 4. The molecule has 0 aliphatic rings. The fourth-order valence-corrected chi connectivity index (χ4v) is 11.5. The number of carbonyl (C=O) groups is 4. The molecule has 8 aromatic carbocycles. The number of ether oxygens (including phenoxy) is 8. The zero-order chi connectivity index (χ0) is 75.7. The summed E-state index contributed by atoms with van der Waals surface area (Å²) in [6.07, 6.45) is 15.4. The Balaban J connectivity index is 0.772. The minimum Gasteiger partial charge on any atom is -0.493 e. The second-order valence-electron chi connectivity index (χ2n) is 25.4. The van der Waals surface area contributed by atoms with Crippen molar-refractivity contribution in [1.82, 2.24) is 0 Å². The number of hydrogen-bond donors (Lipinski definition) is 0. The maximum Gasteiger partial charge on any atom is 0.347 e. The van der Waals surface area contributed by atoms with Gasteiger partial charge in [-0.1, -0.05) is 165 Å². The molecule has 0 unspecified atom stereocenters. The molecule has 8 aromatic rings. The first-order chi connectivity index (χ1) is 51.4. The lowest BCUT2D eigenvalue weighted by atomic mass is 10.0. The average molecular weight is 1470 g/mol. The van der Waals surface area contributed by atoms with Crippen LogP contribution in [0.15, 0.2) is 133 Å². The molecule has 558 valence electrons. The molecule has 0 heterocycles. The van der Waals surface area contributed by atoms with Crippen molar-refractivity contribution in [2.24, 2.45) is 0 Å². The molecule has 8 rings (SSSR count). The molecule has 0 saturated carbocycles. The van der Waals surface area contributed by atoms with Gasteiger partial charge in [0.2, 0.25) is 23.3 Å². The smallest absolute Gasteiger partial charge is 0.347 e. The van der Waals surface area contributed by atoms with E-state index < -0.39 is 106 Å². The second kappa shape index (κ2) is 42.3. The van der Waals surface area contributed by atoms with E-state index in [1.54, 1.807) is 109 Å². The fourth-order valence-electron chi connectivity index (χ4n) is 11.5. The molecule has 0 amide bonds.